The molecule has 2 fully saturated rings. The topological polar surface area (TPSA) is 15.3 Å². The van der Waals surface area contributed by atoms with Crippen molar-refractivity contribution in [3.63, 3.8) is 0 Å². The Hall–Kier alpha value is -0.610. The van der Waals surface area contributed by atoms with Gasteiger partial charge in [0, 0.05) is 24.3 Å². The molecule has 0 saturated carbocycles. The monoisotopic (exact) mass is 326 g/mol. The molecule has 2 aliphatic rings. The molecule has 2 aliphatic heterocycles. The van der Waals surface area contributed by atoms with Crippen LogP contribution in [0.1, 0.15) is 31.2 Å². The lowest BCUT2D eigenvalue weighted by molar-refractivity contribution is 0.193. The van der Waals surface area contributed by atoms with E-state index in [0.29, 0.717) is 16.6 Å². The summed E-state index contributed by atoms with van der Waals surface area (Å²) in [5.74, 6) is -0.186. The first kappa shape index (κ1) is 13.4. The molecule has 1 aromatic rings. The highest BCUT2D eigenvalue weighted by molar-refractivity contribution is 9.10. The molecule has 104 valence electrons. The first-order valence-electron chi connectivity index (χ1n) is 7.11. The predicted molar refractivity (Wildman–Crippen MR) is 80.1 cm³/mol. The minimum atomic E-state index is -0.186. The van der Waals surface area contributed by atoms with E-state index >= 15 is 0 Å². The summed E-state index contributed by atoms with van der Waals surface area (Å²) < 4.78 is 14.0. The Morgan fingerprint density at radius 3 is 2.95 bits per heavy atom. The number of hydrogen-bond acceptors (Lipinski definition) is 2. The first-order valence-corrected chi connectivity index (χ1v) is 7.90. The van der Waals surface area contributed by atoms with Crippen LogP contribution < -0.4 is 5.32 Å². The smallest absolute Gasteiger partial charge is 0.137 e. The molecule has 0 radical (unpaired) electrons. The maximum Gasteiger partial charge on any atom is 0.137 e. The fraction of sp³-hybridized carbons (Fsp3) is 0.600. The van der Waals surface area contributed by atoms with Crippen molar-refractivity contribution in [1.29, 1.82) is 0 Å². The van der Waals surface area contributed by atoms with Gasteiger partial charge in [-0.1, -0.05) is 6.42 Å². The highest BCUT2D eigenvalue weighted by Crippen LogP contribution is 2.31. The van der Waals surface area contributed by atoms with Crippen molar-refractivity contribution < 1.29 is 4.39 Å². The molecule has 3 rings (SSSR count). The molecule has 19 heavy (non-hydrogen) atoms. The fourth-order valence-electron chi connectivity index (χ4n) is 3.42. The molecule has 1 N–H and O–H groups in total. The van der Waals surface area contributed by atoms with Gasteiger partial charge in [0.25, 0.3) is 0 Å². The van der Waals surface area contributed by atoms with Crippen LogP contribution >= 0.6 is 15.9 Å². The molecule has 2 atom stereocenters. The van der Waals surface area contributed by atoms with Crippen molar-refractivity contribution in [2.24, 2.45) is 0 Å². The van der Waals surface area contributed by atoms with E-state index in [4.69, 9.17) is 0 Å². The van der Waals surface area contributed by atoms with Gasteiger partial charge >= 0.3 is 0 Å². The SMILES string of the molecule is Cc1cc(F)c(Br)cc1NC1CCN2CCCCC12. The Balaban J connectivity index is 1.76. The van der Waals surface area contributed by atoms with Crippen molar-refractivity contribution in [3.05, 3.63) is 28.0 Å². The van der Waals surface area contributed by atoms with Gasteiger partial charge in [0.2, 0.25) is 0 Å². The van der Waals surface area contributed by atoms with Gasteiger partial charge in [-0.15, -0.1) is 0 Å². The van der Waals surface area contributed by atoms with E-state index < -0.39 is 0 Å². The third-order valence-electron chi connectivity index (χ3n) is 4.46. The van der Waals surface area contributed by atoms with Crippen molar-refractivity contribution in [2.45, 2.75) is 44.7 Å². The quantitative estimate of drug-likeness (QED) is 0.885. The summed E-state index contributed by atoms with van der Waals surface area (Å²) in [6.07, 6.45) is 5.16. The van der Waals surface area contributed by atoms with Gasteiger partial charge in [0.15, 0.2) is 0 Å². The molecule has 1 aromatic carbocycles. The lowest BCUT2D eigenvalue weighted by Crippen LogP contribution is -2.41. The molecule has 2 saturated heterocycles. The van der Waals surface area contributed by atoms with Crippen molar-refractivity contribution in [3.8, 4) is 0 Å². The van der Waals surface area contributed by atoms with Crippen LogP contribution in [0.15, 0.2) is 16.6 Å². The molecule has 0 bridgehead atoms. The maximum absolute atomic E-state index is 13.5. The molecule has 2 heterocycles. The second kappa shape index (κ2) is 5.41. The van der Waals surface area contributed by atoms with Crippen molar-refractivity contribution in [2.75, 3.05) is 18.4 Å². The van der Waals surface area contributed by atoms with Crippen LogP contribution in [-0.4, -0.2) is 30.1 Å². The average molecular weight is 327 g/mol. The number of rotatable bonds is 2. The number of halogens is 2. The van der Waals surface area contributed by atoms with E-state index in [1.54, 1.807) is 6.07 Å². The molecular formula is C15H20BrFN2. The number of anilines is 1. The lowest BCUT2D eigenvalue weighted by atomic mass is 9.98. The van der Waals surface area contributed by atoms with E-state index in [-0.39, 0.29) is 5.82 Å². The summed E-state index contributed by atoms with van der Waals surface area (Å²) in [4.78, 5) is 2.61. The second-order valence-corrected chi connectivity index (χ2v) is 6.57. The van der Waals surface area contributed by atoms with Crippen LogP contribution in [0.5, 0.6) is 0 Å². The van der Waals surface area contributed by atoms with Crippen molar-refractivity contribution >= 4 is 21.6 Å². The van der Waals surface area contributed by atoms with Gasteiger partial charge in [-0.3, -0.25) is 4.90 Å². The minimum Gasteiger partial charge on any atom is -0.380 e. The first-order chi connectivity index (χ1) is 9.15. The summed E-state index contributed by atoms with van der Waals surface area (Å²) in [6, 6.07) is 4.64. The third kappa shape index (κ3) is 2.65. The van der Waals surface area contributed by atoms with Crippen LogP contribution in [0.4, 0.5) is 10.1 Å². The van der Waals surface area contributed by atoms with Crippen LogP contribution in [0.2, 0.25) is 0 Å². The number of nitrogens with one attached hydrogen (secondary N) is 1. The molecule has 0 spiro atoms. The van der Waals surface area contributed by atoms with E-state index in [2.05, 4.69) is 26.1 Å². The number of benzene rings is 1. The number of fused-ring (bicyclic) bond motifs is 1. The van der Waals surface area contributed by atoms with Crippen LogP contribution in [0.25, 0.3) is 0 Å². The van der Waals surface area contributed by atoms with Gasteiger partial charge in [0.05, 0.1) is 4.47 Å². The van der Waals surface area contributed by atoms with Gasteiger partial charge < -0.3 is 5.32 Å². The van der Waals surface area contributed by atoms with Gasteiger partial charge in [-0.25, -0.2) is 4.39 Å². The van der Waals surface area contributed by atoms with Gasteiger partial charge in [0.1, 0.15) is 5.82 Å². The Morgan fingerprint density at radius 2 is 2.11 bits per heavy atom. The Labute approximate surface area is 122 Å². The Bertz CT molecular complexity index is 477. The van der Waals surface area contributed by atoms with Crippen LogP contribution in [0, 0.1) is 12.7 Å². The van der Waals surface area contributed by atoms with Crippen molar-refractivity contribution in [1.82, 2.24) is 4.90 Å². The average Bonchev–Trinajstić information content (AvgIpc) is 2.80. The summed E-state index contributed by atoms with van der Waals surface area (Å²) in [6.45, 7) is 4.41. The minimum absolute atomic E-state index is 0.186. The summed E-state index contributed by atoms with van der Waals surface area (Å²) >= 11 is 3.27. The molecule has 0 aliphatic carbocycles. The largest absolute Gasteiger partial charge is 0.380 e. The van der Waals surface area contributed by atoms with E-state index in [1.165, 1.54) is 38.8 Å². The summed E-state index contributed by atoms with van der Waals surface area (Å²) in [7, 11) is 0. The molecule has 4 heteroatoms. The standard InChI is InChI=1S/C15H20BrFN2/c1-10-8-12(17)11(16)9-14(10)18-13-5-7-19-6-3-2-4-15(13)19/h8-9,13,15,18H,2-7H2,1H3. The van der Waals surface area contributed by atoms with Gasteiger partial charge in [-0.05, 0) is 66.4 Å². The maximum atomic E-state index is 13.5. The van der Waals surface area contributed by atoms with E-state index in [9.17, 15) is 4.39 Å². The molecule has 0 amide bonds. The zero-order valence-corrected chi connectivity index (χ0v) is 12.8. The molecule has 2 unspecified atom stereocenters. The van der Waals surface area contributed by atoms with E-state index in [0.717, 1.165) is 11.3 Å². The highest BCUT2D eigenvalue weighted by Gasteiger charge is 2.35. The number of piperidine rings is 1. The lowest BCUT2D eigenvalue weighted by Gasteiger charge is -2.33. The predicted octanol–water partition coefficient (Wildman–Crippen LogP) is 3.94. The Kier molecular flexibility index (Phi) is 3.81. The fourth-order valence-corrected chi connectivity index (χ4v) is 3.76. The number of nitrogens with zero attached hydrogens (tertiary/aromatic N) is 1. The molecular weight excluding hydrogens is 307 g/mol. The van der Waals surface area contributed by atoms with Crippen LogP contribution in [0.3, 0.4) is 0 Å². The second-order valence-electron chi connectivity index (χ2n) is 5.72. The zero-order chi connectivity index (χ0) is 13.4. The highest BCUT2D eigenvalue weighted by atomic mass is 79.9. The molecule has 2 nitrogen and oxygen atoms in total. The van der Waals surface area contributed by atoms with E-state index in [1.807, 2.05) is 13.0 Å². The molecule has 0 aromatic heterocycles. The summed E-state index contributed by atoms with van der Waals surface area (Å²) in [5.41, 5.74) is 2.04. The number of hydrogen-bond donors (Lipinski definition) is 1. The normalized spacial score (nSPS) is 27.3. The zero-order valence-electron chi connectivity index (χ0n) is 11.3. The van der Waals surface area contributed by atoms with Crippen LogP contribution in [-0.2, 0) is 0 Å². The Morgan fingerprint density at radius 1 is 1.26 bits per heavy atom. The third-order valence-corrected chi connectivity index (χ3v) is 5.07. The number of aryl methyl sites for hydroxylation is 1. The van der Waals surface area contributed by atoms with Gasteiger partial charge in [-0.2, -0.15) is 0 Å². The summed E-state index contributed by atoms with van der Waals surface area (Å²) in [5, 5.41) is 3.64.